The topological polar surface area (TPSA) is 20.2 Å². The molecule has 0 radical (unpaired) electrons. The van der Waals surface area contributed by atoms with Crippen molar-refractivity contribution < 1.29 is 4.89 Å². The van der Waals surface area contributed by atoms with E-state index in [2.05, 4.69) is 27.4 Å². The summed E-state index contributed by atoms with van der Waals surface area (Å²) in [6, 6.07) is 0. The van der Waals surface area contributed by atoms with E-state index in [0.29, 0.717) is 0 Å². The van der Waals surface area contributed by atoms with Gasteiger partial charge in [-0.25, -0.2) is 0 Å². The second kappa shape index (κ2) is 6.86. The molecule has 2 heteroatoms. The maximum absolute atomic E-state index is 11.0. The normalized spacial score (nSPS) is 14.9. The Labute approximate surface area is 96.7 Å². The van der Waals surface area contributed by atoms with E-state index in [4.69, 9.17) is 0 Å². The van der Waals surface area contributed by atoms with E-state index in [0.717, 1.165) is 18.5 Å². The molecule has 0 aliphatic carbocycles. The van der Waals surface area contributed by atoms with E-state index in [1.165, 1.54) is 38.5 Å². The maximum atomic E-state index is 11.0. The minimum absolute atomic E-state index is 1.10. The molecule has 15 heavy (non-hydrogen) atoms. The summed E-state index contributed by atoms with van der Waals surface area (Å²) in [4.78, 5) is 11.0. The van der Waals surface area contributed by atoms with Crippen molar-refractivity contribution in [3.8, 4) is 0 Å². The molecule has 0 aromatic heterocycles. The number of hydrogen-bond donors (Lipinski definition) is 1. The molecule has 94 valence electrons. The van der Waals surface area contributed by atoms with Crippen LogP contribution in [0.5, 0.6) is 0 Å². The average molecular weight is 234 g/mol. The molecule has 0 fully saturated rings. The predicted molar refractivity (Wildman–Crippen MR) is 74.4 cm³/mol. The van der Waals surface area contributed by atoms with E-state index in [-0.39, 0.29) is 0 Å². The zero-order valence-corrected chi connectivity index (χ0v) is 12.2. The third kappa shape index (κ3) is 6.53. The fourth-order valence-electron chi connectivity index (χ4n) is 2.17. The predicted octanol–water partition coefficient (Wildman–Crippen LogP) is 4.48. The molecule has 0 spiro atoms. The summed E-state index contributed by atoms with van der Waals surface area (Å²) in [5.74, 6) is 0. The Morgan fingerprint density at radius 2 is 1.00 bits per heavy atom. The van der Waals surface area contributed by atoms with E-state index in [1.807, 2.05) is 0 Å². The molecule has 0 aliphatic heterocycles. The first-order valence-corrected chi connectivity index (χ1v) is 9.91. The summed E-state index contributed by atoms with van der Waals surface area (Å²) >= 11 is 0. The molecule has 0 saturated carbocycles. The molecule has 0 bridgehead atoms. The van der Waals surface area contributed by atoms with Crippen LogP contribution < -0.4 is 0 Å². The van der Waals surface area contributed by atoms with Crippen LogP contribution in [0.3, 0.4) is 0 Å². The minimum atomic E-state index is -2.28. The average Bonchev–Trinajstić information content (AvgIpc) is 2.22. The van der Waals surface area contributed by atoms with E-state index < -0.39 is 6.83 Å². The van der Waals surface area contributed by atoms with Gasteiger partial charge in [-0.05, 0) is 0 Å². The molecule has 0 aromatic rings. The quantitative estimate of drug-likeness (QED) is 0.583. The Kier molecular flexibility index (Phi) is 7.04. The summed E-state index contributed by atoms with van der Waals surface area (Å²) in [5.41, 5.74) is 0. The van der Waals surface area contributed by atoms with Crippen LogP contribution in [0.4, 0.5) is 0 Å². The van der Waals surface area contributed by atoms with Crippen LogP contribution in [0.1, 0.15) is 59.3 Å². The van der Waals surface area contributed by atoms with Crippen molar-refractivity contribution in [2.24, 2.45) is 0 Å². The van der Waals surface area contributed by atoms with Gasteiger partial charge in [0.05, 0.1) is 0 Å². The zero-order chi connectivity index (χ0) is 11.8. The Morgan fingerprint density at radius 1 is 0.733 bits per heavy atom. The Balaban J connectivity index is 4.33. The van der Waals surface area contributed by atoms with Crippen LogP contribution in [0.25, 0.3) is 0 Å². The van der Waals surface area contributed by atoms with Gasteiger partial charge in [0.15, 0.2) is 0 Å². The zero-order valence-electron chi connectivity index (χ0n) is 11.3. The molecule has 0 heterocycles. The SMILES string of the molecule is CCCCP(C)(O)(CCCC)CCCC. The monoisotopic (exact) mass is 234 g/mol. The van der Waals surface area contributed by atoms with Crippen molar-refractivity contribution in [1.29, 1.82) is 0 Å². The second-order valence-electron chi connectivity index (χ2n) is 5.48. The number of unbranched alkanes of at least 4 members (excludes halogenated alkanes) is 3. The van der Waals surface area contributed by atoms with Gasteiger partial charge in [0, 0.05) is 0 Å². The summed E-state index contributed by atoms with van der Waals surface area (Å²) in [6.07, 6.45) is 10.6. The molecule has 0 aromatic carbocycles. The molecule has 0 aliphatic rings. The van der Waals surface area contributed by atoms with Crippen molar-refractivity contribution >= 4 is 6.83 Å². The Hall–Kier alpha value is 0.390. The molecular weight excluding hydrogens is 203 g/mol. The van der Waals surface area contributed by atoms with Crippen LogP contribution in [-0.2, 0) is 0 Å². The molecule has 1 nitrogen and oxygen atoms in total. The first-order valence-electron chi connectivity index (χ1n) is 6.72. The van der Waals surface area contributed by atoms with Crippen LogP contribution in [-0.4, -0.2) is 30.0 Å². The van der Waals surface area contributed by atoms with Crippen LogP contribution in [0.2, 0.25) is 0 Å². The van der Waals surface area contributed by atoms with Crippen molar-refractivity contribution in [3.05, 3.63) is 0 Å². The van der Waals surface area contributed by atoms with E-state index >= 15 is 0 Å². The second-order valence-corrected chi connectivity index (χ2v) is 11.3. The van der Waals surface area contributed by atoms with Crippen molar-refractivity contribution in [3.63, 3.8) is 0 Å². The third-order valence-electron chi connectivity index (χ3n) is 3.45. The Bertz CT molecular complexity index is 137. The first kappa shape index (κ1) is 15.4. The van der Waals surface area contributed by atoms with Gasteiger partial charge >= 0.3 is 96.2 Å². The third-order valence-corrected chi connectivity index (χ3v) is 8.24. The first-order chi connectivity index (χ1) is 6.96. The summed E-state index contributed by atoms with van der Waals surface area (Å²) in [7, 11) is 0. The van der Waals surface area contributed by atoms with Crippen LogP contribution in [0.15, 0.2) is 0 Å². The van der Waals surface area contributed by atoms with Gasteiger partial charge in [0.1, 0.15) is 0 Å². The van der Waals surface area contributed by atoms with Gasteiger partial charge in [-0.15, -0.1) is 0 Å². The fourth-order valence-corrected chi connectivity index (χ4v) is 6.50. The molecule has 0 amide bonds. The molecule has 0 unspecified atom stereocenters. The standard InChI is InChI=1S/C13H31OP/c1-5-8-11-15(4,14,12-9-6-2)13-10-7-3/h14H,5-13H2,1-4H3. The number of rotatable bonds is 9. The van der Waals surface area contributed by atoms with E-state index in [9.17, 15) is 4.89 Å². The van der Waals surface area contributed by atoms with Gasteiger partial charge < -0.3 is 0 Å². The molecule has 1 N–H and O–H groups in total. The van der Waals surface area contributed by atoms with Crippen molar-refractivity contribution in [2.75, 3.05) is 25.2 Å². The van der Waals surface area contributed by atoms with Gasteiger partial charge in [0.25, 0.3) is 0 Å². The van der Waals surface area contributed by atoms with Crippen molar-refractivity contribution in [2.45, 2.75) is 59.3 Å². The van der Waals surface area contributed by atoms with Crippen molar-refractivity contribution in [1.82, 2.24) is 0 Å². The summed E-state index contributed by atoms with van der Waals surface area (Å²) in [5, 5.41) is 0. The molecule has 0 rings (SSSR count). The van der Waals surface area contributed by atoms with Gasteiger partial charge in [-0.1, -0.05) is 0 Å². The summed E-state index contributed by atoms with van der Waals surface area (Å²) in [6.45, 7) is 6.59. The number of hydrogen-bond acceptors (Lipinski definition) is 1. The van der Waals surface area contributed by atoms with E-state index in [1.54, 1.807) is 0 Å². The van der Waals surface area contributed by atoms with Gasteiger partial charge in [-0.2, -0.15) is 0 Å². The van der Waals surface area contributed by atoms with Gasteiger partial charge in [0.2, 0.25) is 0 Å². The fraction of sp³-hybridized carbons (Fsp3) is 1.00. The Morgan fingerprint density at radius 3 is 1.20 bits per heavy atom. The van der Waals surface area contributed by atoms with Crippen LogP contribution >= 0.6 is 6.83 Å². The van der Waals surface area contributed by atoms with Gasteiger partial charge in [-0.3, -0.25) is 0 Å². The van der Waals surface area contributed by atoms with Crippen LogP contribution in [0, 0.1) is 0 Å². The summed E-state index contributed by atoms with van der Waals surface area (Å²) < 4.78 is 0. The molecular formula is C13H31OP. The molecule has 0 atom stereocenters. The molecule has 0 saturated heterocycles.